The molecule has 602 valence electrons. The number of methoxy groups -OCH3 is 2. The number of fused-ring (bicyclic) bond motifs is 10. The number of carbonyl (C=O) groups excluding carboxylic acids is 1. The number of nitro benzene ring substituents is 1. The van der Waals surface area contributed by atoms with Crippen molar-refractivity contribution in [3.63, 3.8) is 0 Å². The molecule has 23 nitrogen and oxygen atoms in total. The van der Waals surface area contributed by atoms with Gasteiger partial charge in [0, 0.05) is 155 Å². The molecule has 0 saturated carbocycles. The fourth-order valence-electron chi connectivity index (χ4n) is 15.2. The molecule has 5 aliphatic heterocycles. The minimum absolute atomic E-state index is 0.00221. The molecular formula is C100H65NO22. The molecule has 0 saturated heterocycles. The maximum absolute atomic E-state index is 12.3. The Morgan fingerprint density at radius 3 is 0.919 bits per heavy atom. The van der Waals surface area contributed by atoms with Gasteiger partial charge in [0.25, 0.3) is 5.69 Å². The molecule has 123 heavy (non-hydrogen) atoms. The van der Waals surface area contributed by atoms with Gasteiger partial charge in [-0.2, -0.15) is 0 Å². The SMILES string of the molecule is COC(=O)c1ccccc1-c1c2ccc(=O)cc-2oc2cc(O)ccc12.COc1ccccc1-c1c2ccc(=O)cc-2oc2cc(O)ccc12.Cc1ccccc1-c1c2ccc(=O)cc-2oc2cc(O)ccc12.O=C(O)c1ccccc1-c1c2ccc(=O)cc-2oc2cc(O)ccc12.O=c1ccc2c(-c3ccccc3[N+](=O)[O-])c3ccc(O)cc3oc-2c1. The zero-order chi connectivity index (χ0) is 86.0. The van der Waals surface area contributed by atoms with Crippen molar-refractivity contribution in [3.05, 3.63) is 381 Å². The average Bonchev–Trinajstić information content (AvgIpc) is 0.773. The normalized spacial score (nSPS) is 11.0. The smallest absolute Gasteiger partial charge is 0.338 e. The lowest BCUT2D eigenvalue weighted by atomic mass is 9.91. The predicted molar refractivity (Wildman–Crippen MR) is 467 cm³/mol. The van der Waals surface area contributed by atoms with Crippen molar-refractivity contribution < 1.29 is 76.7 Å². The number of phenolic OH excluding ortho intramolecular Hbond substituents is 5. The van der Waals surface area contributed by atoms with Gasteiger partial charge >= 0.3 is 11.9 Å². The minimum atomic E-state index is -1.04. The van der Waals surface area contributed by atoms with Crippen molar-refractivity contribution in [1.82, 2.24) is 0 Å². The highest BCUT2D eigenvalue weighted by atomic mass is 16.6. The van der Waals surface area contributed by atoms with Crippen LogP contribution in [0.4, 0.5) is 5.69 Å². The molecule has 23 heteroatoms. The van der Waals surface area contributed by atoms with Crippen LogP contribution < -0.4 is 31.9 Å². The molecule has 0 aromatic heterocycles. The molecule has 6 N–H and O–H groups in total. The summed E-state index contributed by atoms with van der Waals surface area (Å²) in [5.74, 6) is 1.55. The van der Waals surface area contributed by atoms with Crippen LogP contribution in [0, 0.1) is 17.0 Å². The van der Waals surface area contributed by atoms with Crippen molar-refractivity contribution in [2.24, 2.45) is 0 Å². The zero-order valence-electron chi connectivity index (χ0n) is 65.0. The Morgan fingerprint density at radius 2 is 0.585 bits per heavy atom. The van der Waals surface area contributed by atoms with Crippen LogP contribution >= 0.6 is 0 Å². The van der Waals surface area contributed by atoms with E-state index >= 15 is 0 Å². The Bertz CT molecular complexity index is 7560. The van der Waals surface area contributed by atoms with E-state index in [1.54, 1.807) is 147 Å². The van der Waals surface area contributed by atoms with Gasteiger partial charge in [-0.05, 0) is 175 Å². The Balaban J connectivity index is 0.000000114. The molecule has 5 heterocycles. The topological polar surface area (TPSA) is 368 Å². The maximum atomic E-state index is 12.3. The van der Waals surface area contributed by atoms with Crippen molar-refractivity contribution in [2.75, 3.05) is 14.2 Å². The molecule has 0 fully saturated rings. The predicted octanol–water partition coefficient (Wildman–Crippen LogP) is 21.1. The molecule has 0 bridgehead atoms. The summed E-state index contributed by atoms with van der Waals surface area (Å²) < 4.78 is 39.4. The number of carbonyl (C=O) groups is 2. The Labute approximate surface area is 694 Å². The zero-order valence-corrected chi connectivity index (χ0v) is 65.0. The summed E-state index contributed by atoms with van der Waals surface area (Å²) in [6.45, 7) is 2.06. The van der Waals surface area contributed by atoms with Crippen LogP contribution in [0.1, 0.15) is 26.3 Å². The lowest BCUT2D eigenvalue weighted by Gasteiger charge is -2.17. The number of nitro groups is 1. The number of carboxylic acid groups (broad SMARTS) is 1. The van der Waals surface area contributed by atoms with Crippen LogP contribution in [0.15, 0.2) is 349 Å². The number of benzene rings is 15. The van der Waals surface area contributed by atoms with Gasteiger partial charge in [-0.1, -0.05) is 91.0 Å². The number of esters is 1. The highest BCUT2D eigenvalue weighted by Crippen LogP contribution is 2.49. The van der Waals surface area contributed by atoms with E-state index in [9.17, 15) is 74.3 Å². The number of carboxylic acids is 1. The largest absolute Gasteiger partial charge is 0.508 e. The summed E-state index contributed by atoms with van der Waals surface area (Å²) in [6.07, 6.45) is 0. The molecular weight excluding hydrogens is 1570 g/mol. The molecule has 5 aliphatic carbocycles. The van der Waals surface area contributed by atoms with Crippen molar-refractivity contribution in [3.8, 4) is 147 Å². The summed E-state index contributed by atoms with van der Waals surface area (Å²) in [5, 5.41) is 73.5. The van der Waals surface area contributed by atoms with Crippen molar-refractivity contribution in [2.45, 2.75) is 6.92 Å². The monoisotopic (exact) mass is 1630 g/mol. The van der Waals surface area contributed by atoms with E-state index in [1.807, 2.05) is 54.6 Å². The van der Waals surface area contributed by atoms with E-state index in [4.69, 9.17) is 31.6 Å². The van der Waals surface area contributed by atoms with Gasteiger partial charge in [-0.25, -0.2) is 9.59 Å². The van der Waals surface area contributed by atoms with Crippen LogP contribution in [-0.4, -0.2) is 61.7 Å². The number of nitrogens with zero attached hydrogens (tertiary/aromatic N) is 1. The van der Waals surface area contributed by atoms with Gasteiger partial charge in [0.15, 0.2) is 27.1 Å². The van der Waals surface area contributed by atoms with Crippen LogP contribution in [0.5, 0.6) is 34.5 Å². The number of aryl methyl sites for hydroxylation is 1. The molecule has 10 aromatic rings. The van der Waals surface area contributed by atoms with Crippen molar-refractivity contribution >= 4 is 72.5 Å². The summed E-state index contributed by atoms with van der Waals surface area (Å²) in [6, 6.07) is 82.7. The first-order chi connectivity index (χ1) is 59.5. The number of hydrogen-bond acceptors (Lipinski definition) is 21. The summed E-state index contributed by atoms with van der Waals surface area (Å²) >= 11 is 0. The Morgan fingerprint density at radius 1 is 0.309 bits per heavy atom. The maximum Gasteiger partial charge on any atom is 0.338 e. The summed E-state index contributed by atoms with van der Waals surface area (Å²) in [4.78, 5) is 93.5. The van der Waals surface area contributed by atoms with E-state index in [0.717, 1.165) is 61.0 Å². The first-order valence-corrected chi connectivity index (χ1v) is 37.9. The van der Waals surface area contributed by atoms with Gasteiger partial charge in [-0.15, -0.1) is 0 Å². The van der Waals surface area contributed by atoms with E-state index < -0.39 is 16.9 Å². The number of phenols is 5. The lowest BCUT2D eigenvalue weighted by molar-refractivity contribution is -0.384. The number of rotatable bonds is 9. The van der Waals surface area contributed by atoms with Gasteiger partial charge < -0.3 is 62.2 Å². The first-order valence-electron chi connectivity index (χ1n) is 37.9. The van der Waals surface area contributed by atoms with Gasteiger partial charge in [0.2, 0.25) is 0 Å². The van der Waals surface area contributed by atoms with E-state index in [0.29, 0.717) is 123 Å². The van der Waals surface area contributed by atoms with Crippen LogP contribution in [-0.2, 0) is 4.74 Å². The number of aromatic hydroxyl groups is 5. The third-order valence-corrected chi connectivity index (χ3v) is 20.6. The molecule has 0 radical (unpaired) electrons. The van der Waals surface area contributed by atoms with Gasteiger partial charge in [-0.3, -0.25) is 34.1 Å². The number of para-hydroxylation sites is 2. The highest BCUT2D eigenvalue weighted by molar-refractivity contribution is 6.11. The van der Waals surface area contributed by atoms with E-state index in [-0.39, 0.29) is 67.1 Å². The fourth-order valence-corrected chi connectivity index (χ4v) is 15.2. The molecule has 10 aromatic carbocycles. The number of aromatic carboxylic acids is 1. The van der Waals surface area contributed by atoms with E-state index in [1.165, 1.54) is 104 Å². The van der Waals surface area contributed by atoms with Gasteiger partial charge in [0.05, 0.1) is 35.8 Å². The second-order valence-corrected chi connectivity index (χ2v) is 28.3. The van der Waals surface area contributed by atoms with Crippen LogP contribution in [0.3, 0.4) is 0 Å². The summed E-state index contributed by atoms with van der Waals surface area (Å²) in [5.41, 5.74) is 14.1. The Kier molecular flexibility index (Phi) is 21.6. The number of ether oxygens (including phenoxy) is 2. The fraction of sp³-hybridized carbons (Fsp3) is 0.0300. The van der Waals surface area contributed by atoms with Gasteiger partial charge in [0.1, 0.15) is 91.2 Å². The second kappa shape index (κ2) is 33.4. The third kappa shape index (κ3) is 15.9. The number of hydrogen-bond donors (Lipinski definition) is 6. The molecule has 0 spiro atoms. The van der Waals surface area contributed by atoms with Crippen LogP contribution in [0.2, 0.25) is 0 Å². The highest BCUT2D eigenvalue weighted by Gasteiger charge is 2.28. The van der Waals surface area contributed by atoms with E-state index in [2.05, 4.69) is 19.1 Å². The molecule has 0 amide bonds. The third-order valence-electron chi connectivity index (χ3n) is 20.6. The quantitative estimate of drug-likeness (QED) is 0.0338. The van der Waals surface area contributed by atoms with Crippen molar-refractivity contribution in [1.29, 1.82) is 0 Å². The minimum Gasteiger partial charge on any atom is -0.508 e. The first kappa shape index (κ1) is 79.6. The average molecular weight is 1630 g/mol. The molecule has 10 aliphatic rings. The van der Waals surface area contributed by atoms with Crippen LogP contribution in [0.25, 0.3) is 167 Å². The molecule has 0 atom stereocenters. The molecule has 20 rings (SSSR count). The standard InChI is InChI=1S/C21H14O5.C20H12O5.C20H14O4.C20H14O3.C19H11NO5/c1-25-21(24)15-5-3-2-4-14(15)20-16-8-6-12(22)10-18(16)26-19-11-13(23)7-9-17(19)20;21-11-5-7-15-17(9-11)25-18-10-12(22)6-8-16(18)19(15)13-3-1-2-4-14(13)20(23)24;1-23-17-5-3-2-4-14(17)20-15-8-6-12(21)10-18(15)24-19-11-13(22)7-9-16(19)20;1-12-4-2-3-5-15(12)20-16-8-6-13(21)10-18(16)23-19-11-14(22)7-9-17(19)20;21-11-5-7-14-17(9-11)25-18-10-12(22)6-8-15(18)19(14)13-3-1-2-4-16(13)20(23)24/h2-11,22H,1H3;1-10,21H,(H,23,24);2-11,21H,1H3;2-11,21H,1H3;1-10,21H. The lowest BCUT2D eigenvalue weighted by Crippen LogP contribution is -2.05. The Hall–Kier alpha value is -17.2. The molecule has 0 unspecified atom stereocenters. The second-order valence-electron chi connectivity index (χ2n) is 28.3. The summed E-state index contributed by atoms with van der Waals surface area (Å²) in [7, 11) is 2.95.